The average Bonchev–Trinajstić information content (AvgIpc) is 2.57. The summed E-state index contributed by atoms with van der Waals surface area (Å²) >= 11 is 0. The van der Waals surface area contributed by atoms with Crippen LogP contribution in [0.2, 0.25) is 0 Å². The number of rotatable bonds is 5. The van der Waals surface area contributed by atoms with E-state index in [0.29, 0.717) is 23.1 Å². The van der Waals surface area contributed by atoms with Crippen LogP contribution in [0, 0.1) is 5.82 Å². The molecule has 3 rings (SSSR count). The number of halogens is 1. The molecule has 6 heteroatoms. The Hall–Kier alpha value is -2.60. The minimum atomic E-state index is -4.06. The molecule has 0 spiro atoms. The van der Waals surface area contributed by atoms with E-state index in [2.05, 4.69) is 0 Å². The van der Waals surface area contributed by atoms with Crippen LogP contribution in [0.1, 0.15) is 6.92 Å². The largest absolute Gasteiger partial charge is 0.493 e. The highest BCUT2D eigenvalue weighted by Gasteiger charge is 2.21. The van der Waals surface area contributed by atoms with Gasteiger partial charge in [0, 0.05) is 10.8 Å². The van der Waals surface area contributed by atoms with E-state index < -0.39 is 15.9 Å². The molecule has 0 aliphatic carbocycles. The van der Waals surface area contributed by atoms with Crippen LogP contribution in [0.15, 0.2) is 65.6 Å². The molecule has 4 nitrogen and oxygen atoms in total. The molecule has 0 aliphatic heterocycles. The molecule has 0 radical (unpaired) electrons. The summed E-state index contributed by atoms with van der Waals surface area (Å²) in [6.07, 6.45) is 0. The van der Waals surface area contributed by atoms with E-state index in [1.807, 2.05) is 13.0 Å². The number of ether oxygens (including phenoxy) is 1. The fourth-order valence-electron chi connectivity index (χ4n) is 2.40. The topological polar surface area (TPSA) is 52.6 Å². The number of hydrogen-bond acceptors (Lipinski definition) is 4. The van der Waals surface area contributed by atoms with Crippen LogP contribution < -0.4 is 8.92 Å². The van der Waals surface area contributed by atoms with Gasteiger partial charge in [0.25, 0.3) is 0 Å². The third-order valence-corrected chi connectivity index (χ3v) is 4.74. The summed E-state index contributed by atoms with van der Waals surface area (Å²) in [5.41, 5.74) is 0. The van der Waals surface area contributed by atoms with Gasteiger partial charge in [-0.1, -0.05) is 24.3 Å². The summed E-state index contributed by atoms with van der Waals surface area (Å²) in [6, 6.07) is 14.9. The van der Waals surface area contributed by atoms with Crippen molar-refractivity contribution in [2.45, 2.75) is 11.8 Å². The first-order chi connectivity index (χ1) is 11.5. The molecule has 0 atom stereocenters. The van der Waals surface area contributed by atoms with E-state index in [4.69, 9.17) is 8.92 Å². The SMILES string of the molecule is CCOc1ccc(S(=O)(=O)Oc2ccc(F)cc2)c2ccccc12. The summed E-state index contributed by atoms with van der Waals surface area (Å²) < 4.78 is 48.8. The van der Waals surface area contributed by atoms with E-state index in [1.165, 1.54) is 18.2 Å². The minimum absolute atomic E-state index is 0.0332. The Kier molecular flexibility index (Phi) is 4.40. The van der Waals surface area contributed by atoms with Gasteiger partial charge >= 0.3 is 10.1 Å². The van der Waals surface area contributed by atoms with Gasteiger partial charge in [-0.3, -0.25) is 0 Å². The fourth-order valence-corrected chi connectivity index (χ4v) is 3.54. The van der Waals surface area contributed by atoms with Gasteiger partial charge in [0.1, 0.15) is 22.2 Å². The van der Waals surface area contributed by atoms with Crippen molar-refractivity contribution in [2.24, 2.45) is 0 Å². The van der Waals surface area contributed by atoms with Gasteiger partial charge < -0.3 is 8.92 Å². The number of benzene rings is 3. The lowest BCUT2D eigenvalue weighted by Crippen LogP contribution is -2.10. The predicted octanol–water partition coefficient (Wildman–Crippen LogP) is 4.15. The Morgan fingerprint density at radius 1 is 0.917 bits per heavy atom. The maximum absolute atomic E-state index is 12.9. The molecular weight excluding hydrogens is 331 g/mol. The molecule has 24 heavy (non-hydrogen) atoms. The third-order valence-electron chi connectivity index (χ3n) is 3.43. The molecule has 0 amide bonds. The van der Waals surface area contributed by atoms with Crippen molar-refractivity contribution in [1.29, 1.82) is 0 Å². The summed E-state index contributed by atoms with van der Waals surface area (Å²) in [4.78, 5) is 0.0332. The van der Waals surface area contributed by atoms with Crippen LogP contribution in [0.3, 0.4) is 0 Å². The van der Waals surface area contributed by atoms with Crippen molar-refractivity contribution < 1.29 is 21.7 Å². The molecule has 0 unspecified atom stereocenters. The van der Waals surface area contributed by atoms with Crippen LogP contribution in [0.4, 0.5) is 4.39 Å². The lowest BCUT2D eigenvalue weighted by Gasteiger charge is -2.12. The first-order valence-electron chi connectivity index (χ1n) is 7.36. The maximum Gasteiger partial charge on any atom is 0.339 e. The molecule has 0 N–H and O–H groups in total. The van der Waals surface area contributed by atoms with Crippen molar-refractivity contribution in [3.63, 3.8) is 0 Å². The van der Waals surface area contributed by atoms with Crippen molar-refractivity contribution in [1.82, 2.24) is 0 Å². The van der Waals surface area contributed by atoms with Gasteiger partial charge in [-0.15, -0.1) is 0 Å². The molecule has 0 fully saturated rings. The number of fused-ring (bicyclic) bond motifs is 1. The van der Waals surface area contributed by atoms with Crippen molar-refractivity contribution in [3.05, 3.63) is 66.5 Å². The van der Waals surface area contributed by atoms with Crippen LogP contribution in [0.5, 0.6) is 11.5 Å². The lowest BCUT2D eigenvalue weighted by atomic mass is 10.1. The van der Waals surface area contributed by atoms with Crippen LogP contribution in [-0.4, -0.2) is 15.0 Å². The molecule has 3 aromatic rings. The highest BCUT2D eigenvalue weighted by atomic mass is 32.2. The first-order valence-corrected chi connectivity index (χ1v) is 8.76. The van der Waals surface area contributed by atoms with Crippen LogP contribution in [0.25, 0.3) is 10.8 Å². The third kappa shape index (κ3) is 3.19. The monoisotopic (exact) mass is 346 g/mol. The average molecular weight is 346 g/mol. The van der Waals surface area contributed by atoms with Gasteiger partial charge in [-0.25, -0.2) is 4.39 Å². The highest BCUT2D eigenvalue weighted by molar-refractivity contribution is 7.87. The molecule has 0 saturated heterocycles. The summed E-state index contributed by atoms with van der Waals surface area (Å²) in [7, 11) is -4.06. The van der Waals surface area contributed by atoms with Crippen LogP contribution >= 0.6 is 0 Å². The van der Waals surface area contributed by atoms with E-state index in [-0.39, 0.29) is 10.6 Å². The van der Waals surface area contributed by atoms with E-state index in [1.54, 1.807) is 24.3 Å². The van der Waals surface area contributed by atoms with E-state index in [9.17, 15) is 12.8 Å². The van der Waals surface area contributed by atoms with Gasteiger partial charge in [-0.2, -0.15) is 8.42 Å². The van der Waals surface area contributed by atoms with Crippen molar-refractivity contribution in [3.8, 4) is 11.5 Å². The predicted molar refractivity (Wildman–Crippen MR) is 89.3 cm³/mol. The minimum Gasteiger partial charge on any atom is -0.493 e. The lowest BCUT2D eigenvalue weighted by molar-refractivity contribution is 0.344. The molecule has 124 valence electrons. The summed E-state index contributed by atoms with van der Waals surface area (Å²) in [5, 5.41) is 1.19. The van der Waals surface area contributed by atoms with Crippen molar-refractivity contribution >= 4 is 20.9 Å². The number of hydrogen-bond donors (Lipinski definition) is 0. The van der Waals surface area contributed by atoms with Crippen molar-refractivity contribution in [2.75, 3.05) is 6.61 Å². The summed E-state index contributed by atoms with van der Waals surface area (Å²) in [5.74, 6) is 0.189. The van der Waals surface area contributed by atoms with Gasteiger partial charge in [0.05, 0.1) is 6.61 Å². The zero-order valence-electron chi connectivity index (χ0n) is 12.9. The second kappa shape index (κ2) is 6.49. The normalized spacial score (nSPS) is 11.4. The maximum atomic E-state index is 12.9. The smallest absolute Gasteiger partial charge is 0.339 e. The Bertz CT molecular complexity index is 966. The molecule has 0 saturated carbocycles. The Morgan fingerprint density at radius 2 is 1.58 bits per heavy atom. The van der Waals surface area contributed by atoms with Gasteiger partial charge in [0.2, 0.25) is 0 Å². The van der Waals surface area contributed by atoms with Crippen LogP contribution in [-0.2, 0) is 10.1 Å². The molecule has 0 aromatic heterocycles. The molecule has 0 heterocycles. The second-order valence-electron chi connectivity index (χ2n) is 5.03. The highest BCUT2D eigenvalue weighted by Crippen LogP contribution is 2.32. The van der Waals surface area contributed by atoms with E-state index >= 15 is 0 Å². The molecular formula is C18H15FO4S. The Labute approximate surface area is 139 Å². The first kappa shape index (κ1) is 16.3. The quantitative estimate of drug-likeness (QED) is 0.652. The summed E-state index contributed by atoms with van der Waals surface area (Å²) in [6.45, 7) is 2.33. The zero-order valence-corrected chi connectivity index (χ0v) is 13.7. The fraction of sp³-hybridized carbons (Fsp3) is 0.111. The standard InChI is InChI=1S/C18H15FO4S/c1-2-22-17-11-12-18(16-6-4-3-5-15(16)17)24(20,21)23-14-9-7-13(19)8-10-14/h3-12H,2H2,1H3. The van der Waals surface area contributed by atoms with Gasteiger partial charge in [0.15, 0.2) is 0 Å². The Balaban J connectivity index is 2.08. The second-order valence-corrected chi connectivity index (χ2v) is 6.55. The zero-order chi connectivity index (χ0) is 17.2. The molecule has 3 aromatic carbocycles. The van der Waals surface area contributed by atoms with Gasteiger partial charge in [-0.05, 0) is 43.3 Å². The Morgan fingerprint density at radius 3 is 2.25 bits per heavy atom. The van der Waals surface area contributed by atoms with E-state index in [0.717, 1.165) is 12.1 Å². The molecule has 0 aliphatic rings. The molecule has 0 bridgehead atoms.